The molecule has 1 rings (SSSR count). The number of carboxylic acid groups (broad SMARTS) is 1. The molecule has 0 radical (unpaired) electrons. The van der Waals surface area contributed by atoms with Crippen molar-refractivity contribution in [1.82, 2.24) is 10.6 Å². The van der Waals surface area contributed by atoms with Gasteiger partial charge in [0.15, 0.2) is 0 Å². The van der Waals surface area contributed by atoms with Gasteiger partial charge in [-0.1, -0.05) is 0 Å². The zero-order valence-electron chi connectivity index (χ0n) is 9.44. The fourth-order valence-electron chi connectivity index (χ4n) is 1.77. The van der Waals surface area contributed by atoms with E-state index in [-0.39, 0.29) is 18.2 Å². The predicted molar refractivity (Wildman–Crippen MR) is 59.0 cm³/mol. The maximum atomic E-state index is 11.7. The van der Waals surface area contributed by atoms with Gasteiger partial charge in [-0.25, -0.2) is 4.79 Å². The smallest absolute Gasteiger partial charge is 0.326 e. The van der Waals surface area contributed by atoms with Gasteiger partial charge in [0.2, 0.25) is 11.8 Å². The first-order valence-corrected chi connectivity index (χ1v) is 5.53. The fraction of sp³-hybridized carbons (Fsp3) is 0.700. The summed E-state index contributed by atoms with van der Waals surface area (Å²) in [5.74, 6) is -2.58. The zero-order chi connectivity index (χ0) is 12.8. The molecule has 7 heteroatoms. The molecule has 7 nitrogen and oxygen atoms in total. The lowest BCUT2D eigenvalue weighted by atomic mass is 9.98. The van der Waals surface area contributed by atoms with Gasteiger partial charge in [-0.3, -0.25) is 9.59 Å². The molecule has 0 aromatic rings. The number of hydrogen-bond acceptors (Lipinski definition) is 4. The van der Waals surface area contributed by atoms with Crippen molar-refractivity contribution in [3.05, 3.63) is 0 Å². The molecule has 1 heterocycles. The summed E-state index contributed by atoms with van der Waals surface area (Å²) in [6.45, 7) is 1.40. The zero-order valence-corrected chi connectivity index (χ0v) is 9.44. The lowest BCUT2D eigenvalue weighted by Gasteiger charge is -2.23. The number of aliphatic carboxylic acids is 1. The van der Waals surface area contributed by atoms with E-state index < -0.39 is 17.9 Å². The molecular weight excluding hydrogens is 226 g/mol. The molecule has 0 saturated carbocycles. The van der Waals surface area contributed by atoms with Crippen molar-refractivity contribution in [2.24, 2.45) is 11.7 Å². The Morgan fingerprint density at radius 1 is 1.47 bits per heavy atom. The quantitative estimate of drug-likeness (QED) is 0.465. The lowest BCUT2D eigenvalue weighted by Crippen LogP contribution is -2.48. The van der Waals surface area contributed by atoms with E-state index in [1.165, 1.54) is 0 Å². The molecule has 2 atom stereocenters. The van der Waals surface area contributed by atoms with Crippen LogP contribution in [0.4, 0.5) is 0 Å². The minimum Gasteiger partial charge on any atom is -0.480 e. The van der Waals surface area contributed by atoms with Crippen molar-refractivity contribution in [3.63, 3.8) is 0 Å². The molecule has 1 fully saturated rings. The number of piperidine rings is 1. The summed E-state index contributed by atoms with van der Waals surface area (Å²) in [6, 6.07) is -1.23. The number of carboxylic acids is 1. The summed E-state index contributed by atoms with van der Waals surface area (Å²) < 4.78 is 0. The first-order valence-electron chi connectivity index (χ1n) is 5.53. The van der Waals surface area contributed by atoms with Crippen molar-refractivity contribution in [1.29, 1.82) is 0 Å². The van der Waals surface area contributed by atoms with E-state index in [9.17, 15) is 14.4 Å². The normalized spacial score (nSPS) is 21.5. The van der Waals surface area contributed by atoms with E-state index in [0.717, 1.165) is 19.4 Å². The predicted octanol–water partition coefficient (Wildman–Crippen LogP) is -1.57. The van der Waals surface area contributed by atoms with Crippen LogP contribution in [0, 0.1) is 5.92 Å². The second-order valence-corrected chi connectivity index (χ2v) is 4.11. The molecule has 0 aromatic carbocycles. The Morgan fingerprint density at radius 2 is 2.18 bits per heavy atom. The molecule has 0 spiro atoms. The van der Waals surface area contributed by atoms with Gasteiger partial charge in [-0.2, -0.15) is 0 Å². The van der Waals surface area contributed by atoms with Crippen molar-refractivity contribution in [2.45, 2.75) is 25.3 Å². The van der Waals surface area contributed by atoms with Crippen LogP contribution in [-0.2, 0) is 14.4 Å². The van der Waals surface area contributed by atoms with Gasteiger partial charge in [0.1, 0.15) is 6.04 Å². The first-order chi connectivity index (χ1) is 8.00. The number of carbonyl (C=O) groups is 3. The lowest BCUT2D eigenvalue weighted by molar-refractivity contribution is -0.144. The number of nitrogens with one attached hydrogen (secondary N) is 2. The largest absolute Gasteiger partial charge is 0.480 e. The number of carbonyl (C=O) groups excluding carboxylic acids is 2. The second-order valence-electron chi connectivity index (χ2n) is 4.11. The van der Waals surface area contributed by atoms with Crippen LogP contribution in [0.25, 0.3) is 0 Å². The van der Waals surface area contributed by atoms with E-state index >= 15 is 0 Å². The molecule has 0 aliphatic carbocycles. The van der Waals surface area contributed by atoms with E-state index in [2.05, 4.69) is 10.6 Å². The van der Waals surface area contributed by atoms with Crippen LogP contribution >= 0.6 is 0 Å². The fourth-order valence-corrected chi connectivity index (χ4v) is 1.77. The number of primary amides is 1. The van der Waals surface area contributed by atoms with Crippen LogP contribution in [0.5, 0.6) is 0 Å². The standard InChI is InChI=1S/C10H17N3O4/c11-8(14)4-7(10(16)17)13-9(15)6-2-1-3-12-5-6/h6-7,12H,1-5H2,(H2,11,14)(H,13,15)(H,16,17)/t6-,7+/m0/s1. The van der Waals surface area contributed by atoms with E-state index in [4.69, 9.17) is 10.8 Å². The highest BCUT2D eigenvalue weighted by Crippen LogP contribution is 2.10. The highest BCUT2D eigenvalue weighted by Gasteiger charge is 2.27. The molecule has 5 N–H and O–H groups in total. The van der Waals surface area contributed by atoms with Crippen LogP contribution < -0.4 is 16.4 Å². The summed E-state index contributed by atoms with van der Waals surface area (Å²) in [4.78, 5) is 33.2. The third kappa shape index (κ3) is 4.39. The average Bonchev–Trinajstić information content (AvgIpc) is 2.28. The summed E-state index contributed by atoms with van der Waals surface area (Å²) in [6.07, 6.45) is 1.22. The van der Waals surface area contributed by atoms with Crippen molar-refractivity contribution in [3.8, 4) is 0 Å². The molecule has 0 bridgehead atoms. The second kappa shape index (κ2) is 6.19. The van der Waals surface area contributed by atoms with Crippen molar-refractivity contribution >= 4 is 17.8 Å². The van der Waals surface area contributed by atoms with Gasteiger partial charge in [0.05, 0.1) is 12.3 Å². The van der Waals surface area contributed by atoms with Crippen LogP contribution in [0.2, 0.25) is 0 Å². The minimum absolute atomic E-state index is 0.238. The Hall–Kier alpha value is -1.63. The SMILES string of the molecule is NC(=O)C[C@@H](NC(=O)[C@H]1CCCNC1)C(=O)O. The van der Waals surface area contributed by atoms with E-state index in [1.54, 1.807) is 0 Å². The number of hydrogen-bond donors (Lipinski definition) is 4. The van der Waals surface area contributed by atoms with Gasteiger partial charge in [0.25, 0.3) is 0 Å². The highest BCUT2D eigenvalue weighted by molar-refractivity contribution is 5.89. The maximum Gasteiger partial charge on any atom is 0.326 e. The minimum atomic E-state index is -1.25. The van der Waals surface area contributed by atoms with Crippen LogP contribution in [0.1, 0.15) is 19.3 Å². The molecule has 2 amide bonds. The average molecular weight is 243 g/mol. The molecule has 1 aliphatic heterocycles. The molecule has 17 heavy (non-hydrogen) atoms. The van der Waals surface area contributed by atoms with Gasteiger partial charge in [-0.05, 0) is 19.4 Å². The van der Waals surface area contributed by atoms with Gasteiger partial charge < -0.3 is 21.5 Å². The summed E-state index contributed by atoms with van der Waals surface area (Å²) in [5.41, 5.74) is 4.92. The third-order valence-electron chi connectivity index (χ3n) is 2.69. The van der Waals surface area contributed by atoms with Crippen molar-refractivity contribution in [2.75, 3.05) is 13.1 Å². The highest BCUT2D eigenvalue weighted by atomic mass is 16.4. The molecule has 96 valence electrons. The van der Waals surface area contributed by atoms with E-state index in [1.807, 2.05) is 0 Å². The summed E-state index contributed by atoms with van der Waals surface area (Å²) in [7, 11) is 0. The molecule has 1 saturated heterocycles. The Bertz CT molecular complexity index is 313. The van der Waals surface area contributed by atoms with E-state index in [0.29, 0.717) is 6.54 Å². The number of amides is 2. The number of rotatable bonds is 5. The van der Waals surface area contributed by atoms with Crippen molar-refractivity contribution < 1.29 is 19.5 Å². The molecule has 1 aliphatic rings. The Morgan fingerprint density at radius 3 is 2.65 bits per heavy atom. The monoisotopic (exact) mass is 243 g/mol. The number of nitrogens with two attached hydrogens (primary N) is 1. The Kier molecular flexibility index (Phi) is 4.89. The Labute approximate surface area is 98.7 Å². The van der Waals surface area contributed by atoms with Gasteiger partial charge >= 0.3 is 5.97 Å². The summed E-state index contributed by atoms with van der Waals surface area (Å²) >= 11 is 0. The van der Waals surface area contributed by atoms with Gasteiger partial charge in [0, 0.05) is 6.54 Å². The molecular formula is C10H17N3O4. The Balaban J connectivity index is 2.50. The van der Waals surface area contributed by atoms with Crippen LogP contribution in [0.3, 0.4) is 0 Å². The molecule has 0 aromatic heterocycles. The molecule has 0 unspecified atom stereocenters. The topological polar surface area (TPSA) is 122 Å². The third-order valence-corrected chi connectivity index (χ3v) is 2.69. The van der Waals surface area contributed by atoms with Gasteiger partial charge in [-0.15, -0.1) is 0 Å². The first kappa shape index (κ1) is 13.4. The van der Waals surface area contributed by atoms with Crippen LogP contribution in [0.15, 0.2) is 0 Å². The van der Waals surface area contributed by atoms with Crippen LogP contribution in [-0.4, -0.2) is 42.0 Å². The maximum absolute atomic E-state index is 11.7. The summed E-state index contributed by atoms with van der Waals surface area (Å²) in [5, 5.41) is 14.2.